The van der Waals surface area contributed by atoms with E-state index in [9.17, 15) is 14.7 Å². The summed E-state index contributed by atoms with van der Waals surface area (Å²) >= 11 is 1.22. The van der Waals surface area contributed by atoms with Gasteiger partial charge in [-0.2, -0.15) is 0 Å². The molecule has 0 aliphatic heterocycles. The second-order valence-corrected chi connectivity index (χ2v) is 6.98. The van der Waals surface area contributed by atoms with E-state index in [2.05, 4.69) is 4.98 Å². The Bertz CT molecular complexity index is 1040. The molecule has 2 heterocycles. The third kappa shape index (κ3) is 3.33. The maximum atomic E-state index is 12.9. The van der Waals surface area contributed by atoms with Gasteiger partial charge in [0.15, 0.2) is 16.3 Å². The number of imidazole rings is 1. The van der Waals surface area contributed by atoms with Crippen LogP contribution in [0.5, 0.6) is 0 Å². The lowest BCUT2D eigenvalue weighted by atomic mass is 10.2. The molecule has 0 saturated heterocycles. The first-order valence-electron chi connectivity index (χ1n) is 8.06. The van der Waals surface area contributed by atoms with Gasteiger partial charge in [-0.3, -0.25) is 13.9 Å². The van der Waals surface area contributed by atoms with Gasteiger partial charge in [0.05, 0.1) is 19.3 Å². The summed E-state index contributed by atoms with van der Waals surface area (Å²) in [6.07, 6.45) is -0.877. The maximum Gasteiger partial charge on any atom is 0.332 e. The van der Waals surface area contributed by atoms with Crippen molar-refractivity contribution < 1.29 is 10.2 Å². The number of aryl methyl sites for hydroxylation is 2. The van der Waals surface area contributed by atoms with Crippen molar-refractivity contribution in [2.24, 2.45) is 14.1 Å². The fourth-order valence-corrected chi connectivity index (χ4v) is 3.56. The third-order valence-corrected chi connectivity index (χ3v) is 5.29. The third-order valence-electron chi connectivity index (χ3n) is 4.12. The van der Waals surface area contributed by atoms with E-state index in [1.165, 1.54) is 20.9 Å². The first-order valence-corrected chi connectivity index (χ1v) is 9.04. The van der Waals surface area contributed by atoms with Gasteiger partial charge >= 0.3 is 5.69 Å². The second-order valence-electron chi connectivity index (χ2n) is 5.99. The predicted molar refractivity (Wildman–Crippen MR) is 99.6 cm³/mol. The molecule has 0 saturated carbocycles. The molecule has 9 heteroatoms. The Balaban J connectivity index is 2.10. The number of hydrogen-bond acceptors (Lipinski definition) is 6. The SMILES string of the molecule is Cn1c(SC[C@H](O)CO)nc2c1c(=O)n(Cc1ccccc1)c(=O)n2C. The summed E-state index contributed by atoms with van der Waals surface area (Å²) in [7, 11) is 3.28. The van der Waals surface area contributed by atoms with Gasteiger partial charge in [-0.05, 0) is 5.56 Å². The average Bonchev–Trinajstić information content (AvgIpc) is 2.99. The van der Waals surface area contributed by atoms with Gasteiger partial charge in [-0.25, -0.2) is 9.78 Å². The molecule has 0 fully saturated rings. The van der Waals surface area contributed by atoms with Crippen LogP contribution in [0, 0.1) is 0 Å². The topological polar surface area (TPSA) is 102 Å². The molecule has 2 aromatic heterocycles. The normalized spacial score (nSPS) is 12.6. The zero-order valence-electron chi connectivity index (χ0n) is 14.5. The Morgan fingerprint density at radius 2 is 1.85 bits per heavy atom. The molecule has 1 aromatic carbocycles. The monoisotopic (exact) mass is 376 g/mol. The van der Waals surface area contributed by atoms with Crippen LogP contribution in [0.4, 0.5) is 0 Å². The average molecular weight is 376 g/mol. The molecule has 0 spiro atoms. The molecule has 0 radical (unpaired) electrons. The summed E-state index contributed by atoms with van der Waals surface area (Å²) in [5, 5.41) is 18.9. The molecule has 3 rings (SSSR count). The number of aliphatic hydroxyl groups excluding tert-OH is 2. The fourth-order valence-electron chi connectivity index (χ4n) is 2.68. The molecule has 8 nitrogen and oxygen atoms in total. The number of benzene rings is 1. The van der Waals surface area contributed by atoms with E-state index in [4.69, 9.17) is 5.11 Å². The van der Waals surface area contributed by atoms with E-state index < -0.39 is 17.4 Å². The van der Waals surface area contributed by atoms with Crippen molar-refractivity contribution in [2.45, 2.75) is 17.8 Å². The molecular weight excluding hydrogens is 356 g/mol. The van der Waals surface area contributed by atoms with E-state index in [1.54, 1.807) is 18.7 Å². The van der Waals surface area contributed by atoms with E-state index in [1.807, 2.05) is 30.3 Å². The van der Waals surface area contributed by atoms with Gasteiger partial charge in [-0.15, -0.1) is 0 Å². The molecule has 0 unspecified atom stereocenters. The smallest absolute Gasteiger partial charge is 0.332 e. The van der Waals surface area contributed by atoms with Gasteiger partial charge in [0, 0.05) is 19.8 Å². The number of aromatic nitrogens is 4. The summed E-state index contributed by atoms with van der Waals surface area (Å²) in [5.74, 6) is 0.236. The largest absolute Gasteiger partial charge is 0.394 e. The fraction of sp³-hybridized carbons (Fsp3) is 0.353. The molecule has 2 N–H and O–H groups in total. The maximum absolute atomic E-state index is 12.9. The van der Waals surface area contributed by atoms with Crippen molar-refractivity contribution in [1.82, 2.24) is 18.7 Å². The number of nitrogens with zero attached hydrogens (tertiary/aromatic N) is 4. The lowest BCUT2D eigenvalue weighted by Crippen LogP contribution is -2.39. The summed E-state index contributed by atoms with van der Waals surface area (Å²) in [4.78, 5) is 29.9. The summed E-state index contributed by atoms with van der Waals surface area (Å²) in [5.41, 5.74) is 0.638. The second kappa shape index (κ2) is 7.48. The van der Waals surface area contributed by atoms with Crippen LogP contribution in [-0.2, 0) is 20.6 Å². The number of aliphatic hydroxyl groups is 2. The molecule has 1 atom stereocenters. The Morgan fingerprint density at radius 1 is 1.15 bits per heavy atom. The molecule has 3 aromatic rings. The van der Waals surface area contributed by atoms with Crippen LogP contribution in [0.1, 0.15) is 5.56 Å². The summed E-state index contributed by atoms with van der Waals surface area (Å²) < 4.78 is 4.16. The molecule has 0 amide bonds. The quantitative estimate of drug-likeness (QED) is 0.584. The Kier molecular flexibility index (Phi) is 5.30. The zero-order valence-corrected chi connectivity index (χ0v) is 15.3. The van der Waals surface area contributed by atoms with Crippen LogP contribution in [0.2, 0.25) is 0 Å². The highest BCUT2D eigenvalue weighted by molar-refractivity contribution is 7.99. The van der Waals surface area contributed by atoms with Crippen molar-refractivity contribution in [1.29, 1.82) is 0 Å². The van der Waals surface area contributed by atoms with E-state index >= 15 is 0 Å². The van der Waals surface area contributed by atoms with Gasteiger partial charge in [0.1, 0.15) is 0 Å². The van der Waals surface area contributed by atoms with E-state index in [0.29, 0.717) is 16.3 Å². The molecule has 0 aliphatic rings. The molecular formula is C17H20N4O4S. The Labute approximate surface area is 153 Å². The highest BCUT2D eigenvalue weighted by Crippen LogP contribution is 2.20. The number of thioether (sulfide) groups is 1. The highest BCUT2D eigenvalue weighted by Gasteiger charge is 2.19. The highest BCUT2D eigenvalue weighted by atomic mass is 32.2. The van der Waals surface area contributed by atoms with Crippen molar-refractivity contribution in [3.63, 3.8) is 0 Å². The van der Waals surface area contributed by atoms with Crippen LogP contribution in [0.3, 0.4) is 0 Å². The molecule has 0 bridgehead atoms. The number of fused-ring (bicyclic) bond motifs is 1. The van der Waals surface area contributed by atoms with E-state index in [0.717, 1.165) is 5.56 Å². The Hall–Kier alpha value is -2.36. The summed E-state index contributed by atoms with van der Waals surface area (Å²) in [6.45, 7) is -0.168. The van der Waals surface area contributed by atoms with Crippen molar-refractivity contribution >= 4 is 22.9 Å². The van der Waals surface area contributed by atoms with Crippen molar-refractivity contribution in [3.8, 4) is 0 Å². The van der Waals surface area contributed by atoms with Crippen LogP contribution < -0.4 is 11.2 Å². The molecule has 138 valence electrons. The minimum atomic E-state index is -0.877. The van der Waals surface area contributed by atoms with Gasteiger partial charge in [-0.1, -0.05) is 42.1 Å². The first-order chi connectivity index (χ1) is 12.4. The van der Waals surface area contributed by atoms with Crippen LogP contribution >= 0.6 is 11.8 Å². The molecule has 0 aliphatic carbocycles. The number of hydrogen-bond donors (Lipinski definition) is 2. The van der Waals surface area contributed by atoms with Gasteiger partial charge in [0.25, 0.3) is 5.56 Å². The standard InChI is InChI=1S/C17H20N4O4S/c1-19-13-14(18-16(19)26-10-12(23)9-22)20(2)17(25)21(15(13)24)8-11-6-4-3-5-7-11/h3-7,12,22-23H,8-10H2,1-2H3/t12-/m1/s1. The zero-order chi connectivity index (χ0) is 18.8. The minimum Gasteiger partial charge on any atom is -0.394 e. The lowest BCUT2D eigenvalue weighted by molar-refractivity contribution is 0.113. The van der Waals surface area contributed by atoms with E-state index in [-0.39, 0.29) is 18.9 Å². The van der Waals surface area contributed by atoms with Crippen LogP contribution in [-0.4, -0.2) is 47.4 Å². The minimum absolute atomic E-state index is 0.180. The van der Waals surface area contributed by atoms with Gasteiger partial charge < -0.3 is 14.8 Å². The summed E-state index contributed by atoms with van der Waals surface area (Å²) in [6, 6.07) is 9.30. The Morgan fingerprint density at radius 3 is 2.50 bits per heavy atom. The van der Waals surface area contributed by atoms with Crippen molar-refractivity contribution in [2.75, 3.05) is 12.4 Å². The lowest BCUT2D eigenvalue weighted by Gasteiger charge is -2.09. The van der Waals surface area contributed by atoms with Crippen molar-refractivity contribution in [3.05, 3.63) is 56.7 Å². The number of rotatable bonds is 6. The van der Waals surface area contributed by atoms with Gasteiger partial charge in [0.2, 0.25) is 0 Å². The first kappa shape index (κ1) is 18.4. The van der Waals surface area contributed by atoms with Crippen LogP contribution in [0.25, 0.3) is 11.2 Å². The van der Waals surface area contributed by atoms with Crippen LogP contribution in [0.15, 0.2) is 45.1 Å². The predicted octanol–water partition coefficient (Wildman–Crippen LogP) is -0.0727. The molecule has 26 heavy (non-hydrogen) atoms.